The van der Waals surface area contributed by atoms with Crippen molar-refractivity contribution in [3.63, 3.8) is 0 Å². The molecule has 120 valence electrons. The summed E-state index contributed by atoms with van der Waals surface area (Å²) >= 11 is 0. The first-order valence-electron chi connectivity index (χ1n) is 7.75. The summed E-state index contributed by atoms with van der Waals surface area (Å²) in [5, 5.41) is 9.33. The molecule has 1 aliphatic carbocycles. The predicted octanol–water partition coefficient (Wildman–Crippen LogP) is 4.05. The van der Waals surface area contributed by atoms with Gasteiger partial charge in [-0.3, -0.25) is 4.57 Å². The fourth-order valence-corrected chi connectivity index (χ4v) is 4.63. The van der Waals surface area contributed by atoms with Gasteiger partial charge in [-0.1, -0.05) is 55.7 Å². The molecule has 1 unspecified atom stereocenters. The highest BCUT2D eigenvalue weighted by molar-refractivity contribution is 7.57. The molecule has 0 saturated heterocycles. The van der Waals surface area contributed by atoms with Crippen LogP contribution >= 0.6 is 7.37 Å². The second-order valence-electron chi connectivity index (χ2n) is 6.04. The lowest BCUT2D eigenvalue weighted by Crippen LogP contribution is -2.11. The van der Waals surface area contributed by atoms with E-state index < -0.39 is 13.3 Å². The minimum Gasteiger partial charge on any atom is -0.478 e. The van der Waals surface area contributed by atoms with Crippen molar-refractivity contribution in [2.45, 2.75) is 38.3 Å². The summed E-state index contributed by atoms with van der Waals surface area (Å²) in [6, 6.07) is 9.04. The first-order valence-corrected chi connectivity index (χ1v) is 9.78. The van der Waals surface area contributed by atoms with Crippen molar-refractivity contribution < 1.29 is 19.4 Å². The van der Waals surface area contributed by atoms with Crippen molar-refractivity contribution in [1.82, 2.24) is 0 Å². The van der Waals surface area contributed by atoms with E-state index >= 15 is 0 Å². The summed E-state index contributed by atoms with van der Waals surface area (Å²) in [7, 11) is -3.54. The van der Waals surface area contributed by atoms with Gasteiger partial charge in [-0.15, -0.1) is 0 Å². The van der Waals surface area contributed by atoms with Gasteiger partial charge in [0, 0.05) is 11.7 Å². The Morgan fingerprint density at radius 1 is 1.18 bits per heavy atom. The molecule has 1 atom stereocenters. The molecule has 0 heterocycles. The summed E-state index contributed by atoms with van der Waals surface area (Å²) in [5.41, 5.74) is 0.851. The van der Waals surface area contributed by atoms with Crippen molar-refractivity contribution in [2.75, 3.05) is 6.16 Å². The molecule has 1 aliphatic rings. The van der Waals surface area contributed by atoms with Gasteiger partial charge in [0.25, 0.3) is 0 Å². The van der Waals surface area contributed by atoms with Crippen LogP contribution in [0.4, 0.5) is 0 Å². The van der Waals surface area contributed by atoms with E-state index in [4.69, 9.17) is 0 Å². The van der Waals surface area contributed by atoms with Crippen molar-refractivity contribution in [1.29, 1.82) is 0 Å². The highest BCUT2D eigenvalue weighted by atomic mass is 31.2. The topological polar surface area (TPSA) is 74.6 Å². The second-order valence-corrected chi connectivity index (χ2v) is 8.37. The van der Waals surface area contributed by atoms with Gasteiger partial charge in [-0.25, -0.2) is 4.79 Å². The summed E-state index contributed by atoms with van der Waals surface area (Å²) in [5.74, 6) is -0.843. The number of carboxylic acid groups (broad SMARTS) is 1. The Morgan fingerprint density at radius 3 is 2.41 bits per heavy atom. The van der Waals surface area contributed by atoms with E-state index in [1.807, 2.05) is 18.2 Å². The van der Waals surface area contributed by atoms with Crippen molar-refractivity contribution >= 4 is 13.3 Å². The largest absolute Gasteiger partial charge is 0.478 e. The van der Waals surface area contributed by atoms with Crippen LogP contribution in [0.1, 0.15) is 37.7 Å². The average molecular weight is 322 g/mol. The van der Waals surface area contributed by atoms with Crippen molar-refractivity contribution in [3.8, 4) is 0 Å². The van der Waals surface area contributed by atoms with Crippen LogP contribution in [0.15, 0.2) is 42.0 Å². The first-order chi connectivity index (χ1) is 10.5. The molecule has 1 aromatic carbocycles. The molecule has 0 radical (unpaired) electrons. The van der Waals surface area contributed by atoms with Gasteiger partial charge in [0.1, 0.15) is 0 Å². The van der Waals surface area contributed by atoms with Gasteiger partial charge in [-0.2, -0.15) is 0 Å². The Morgan fingerprint density at radius 2 is 1.82 bits per heavy atom. The van der Waals surface area contributed by atoms with E-state index in [1.54, 1.807) is 18.2 Å². The van der Waals surface area contributed by atoms with Crippen LogP contribution in [0.3, 0.4) is 0 Å². The zero-order valence-electron chi connectivity index (χ0n) is 12.6. The maximum atomic E-state index is 12.4. The molecule has 0 aromatic heterocycles. The summed E-state index contributed by atoms with van der Waals surface area (Å²) in [6.07, 6.45) is 6.84. The monoisotopic (exact) mass is 322 g/mol. The third kappa shape index (κ3) is 5.43. The zero-order valence-corrected chi connectivity index (χ0v) is 13.5. The Hall–Kier alpha value is -1.38. The third-order valence-electron chi connectivity index (χ3n) is 4.05. The summed E-state index contributed by atoms with van der Waals surface area (Å²) in [6.45, 7) is 0. The number of allylic oxidation sites excluding steroid dienone is 1. The third-order valence-corrected chi connectivity index (χ3v) is 5.75. The number of hydrogen-bond donors (Lipinski definition) is 2. The normalized spacial score (nSPS) is 19.6. The van der Waals surface area contributed by atoms with E-state index in [9.17, 15) is 19.4 Å². The van der Waals surface area contributed by atoms with Crippen LogP contribution in [0.2, 0.25) is 0 Å². The Balaban J connectivity index is 2.07. The number of aliphatic carboxylic acids is 1. The maximum absolute atomic E-state index is 12.4. The van der Waals surface area contributed by atoms with Crippen LogP contribution in [0.25, 0.3) is 0 Å². The molecular weight excluding hydrogens is 299 g/mol. The lowest BCUT2D eigenvalue weighted by molar-refractivity contribution is -0.132. The van der Waals surface area contributed by atoms with Crippen molar-refractivity contribution in [3.05, 3.63) is 47.5 Å². The predicted molar refractivity (Wildman–Crippen MR) is 87.1 cm³/mol. The summed E-state index contributed by atoms with van der Waals surface area (Å²) < 4.78 is 12.4. The van der Waals surface area contributed by atoms with Crippen molar-refractivity contribution in [2.24, 2.45) is 5.92 Å². The molecule has 1 saturated carbocycles. The number of benzene rings is 1. The molecule has 1 aromatic rings. The molecule has 0 spiro atoms. The Kier molecular flexibility index (Phi) is 5.98. The van der Waals surface area contributed by atoms with E-state index in [-0.39, 0.29) is 23.8 Å². The molecule has 0 amide bonds. The van der Waals surface area contributed by atoms with E-state index in [1.165, 1.54) is 6.42 Å². The first kappa shape index (κ1) is 17.0. The molecule has 1 fully saturated rings. The molecule has 0 aliphatic heterocycles. The average Bonchev–Trinajstić information content (AvgIpc) is 2.48. The van der Waals surface area contributed by atoms with Crippen LogP contribution in [-0.4, -0.2) is 22.1 Å². The molecule has 2 N–H and O–H groups in total. The fraction of sp³-hybridized carbons (Fsp3) is 0.471. The smallest absolute Gasteiger partial charge is 0.331 e. The Bertz CT molecular complexity index is 574. The quantitative estimate of drug-likeness (QED) is 0.612. The number of carboxylic acids is 1. The number of carbonyl (C=O) groups is 1. The second kappa shape index (κ2) is 7.75. The molecule has 0 bridgehead atoms. The van der Waals surface area contributed by atoms with Crippen LogP contribution in [0.5, 0.6) is 0 Å². The van der Waals surface area contributed by atoms with Crippen LogP contribution in [0, 0.1) is 5.92 Å². The lowest BCUT2D eigenvalue weighted by Gasteiger charge is -2.20. The van der Waals surface area contributed by atoms with Crippen LogP contribution < -0.4 is 0 Å². The van der Waals surface area contributed by atoms with Crippen LogP contribution in [-0.2, 0) is 15.5 Å². The molecule has 5 heteroatoms. The summed E-state index contributed by atoms with van der Waals surface area (Å²) in [4.78, 5) is 21.6. The van der Waals surface area contributed by atoms with Gasteiger partial charge in [0.05, 0.1) is 6.16 Å². The lowest BCUT2D eigenvalue weighted by atomic mass is 9.88. The fourth-order valence-electron chi connectivity index (χ4n) is 2.97. The van der Waals surface area contributed by atoms with Gasteiger partial charge in [-0.05, 0) is 24.3 Å². The van der Waals surface area contributed by atoms with E-state index in [0.717, 1.165) is 31.2 Å². The van der Waals surface area contributed by atoms with Gasteiger partial charge >= 0.3 is 5.97 Å². The molecule has 2 rings (SSSR count). The molecular formula is C17H23O4P. The van der Waals surface area contributed by atoms with Gasteiger partial charge in [0.2, 0.25) is 7.37 Å². The SMILES string of the molecule is O=C(O)C(=CC1CCCCC1)CP(=O)(O)Cc1ccccc1. The standard InChI is InChI=1S/C17H23O4P/c18-17(19)16(11-14-7-3-1-4-8-14)13-22(20,21)12-15-9-5-2-6-10-15/h2,5-6,9-11,14H,1,3-4,7-8,12-13H2,(H,18,19)(H,20,21). The van der Waals surface area contributed by atoms with E-state index in [0.29, 0.717) is 0 Å². The van der Waals surface area contributed by atoms with Gasteiger partial charge < -0.3 is 10.00 Å². The maximum Gasteiger partial charge on any atom is 0.331 e. The minimum atomic E-state index is -3.54. The molecule has 4 nitrogen and oxygen atoms in total. The highest BCUT2D eigenvalue weighted by Crippen LogP contribution is 2.46. The zero-order chi connectivity index (χ0) is 16.0. The molecule has 22 heavy (non-hydrogen) atoms. The number of hydrogen-bond acceptors (Lipinski definition) is 2. The van der Waals surface area contributed by atoms with Gasteiger partial charge in [0.15, 0.2) is 0 Å². The van der Waals surface area contributed by atoms with E-state index in [2.05, 4.69) is 0 Å². The Labute approximate surface area is 131 Å². The highest BCUT2D eigenvalue weighted by Gasteiger charge is 2.25. The number of rotatable bonds is 6. The minimum absolute atomic E-state index is 0.0170.